The molecule has 0 unspecified atom stereocenters. The Balaban J connectivity index is 1.56. The number of halogens is 4. The molecule has 7 nitrogen and oxygen atoms in total. The molecule has 0 atom stereocenters. The van der Waals surface area contributed by atoms with Crippen molar-refractivity contribution in [3.05, 3.63) is 52.0 Å². The van der Waals surface area contributed by atoms with Gasteiger partial charge < -0.3 is 9.73 Å². The van der Waals surface area contributed by atoms with Crippen LogP contribution in [0.5, 0.6) is 0 Å². The Morgan fingerprint density at radius 2 is 2.04 bits per heavy atom. The van der Waals surface area contributed by atoms with E-state index in [1.165, 1.54) is 16.8 Å². The van der Waals surface area contributed by atoms with Gasteiger partial charge in [0.05, 0.1) is 16.6 Å². The van der Waals surface area contributed by atoms with E-state index in [1.54, 1.807) is 18.3 Å². The maximum atomic E-state index is 12.5. The number of nitrogens with zero attached hydrogens (tertiary/aromatic N) is 4. The van der Waals surface area contributed by atoms with Crippen LogP contribution in [0.4, 0.5) is 8.78 Å². The van der Waals surface area contributed by atoms with Gasteiger partial charge >= 0.3 is 6.43 Å². The van der Waals surface area contributed by atoms with E-state index in [9.17, 15) is 13.6 Å². The largest absolute Gasteiger partial charge is 0.413 e. The number of hydrogen-bond acceptors (Lipinski definition) is 5. The molecule has 0 bridgehead atoms. The zero-order valence-corrected chi connectivity index (χ0v) is 14.5. The van der Waals surface area contributed by atoms with Gasteiger partial charge in [0.2, 0.25) is 0 Å². The van der Waals surface area contributed by atoms with Gasteiger partial charge in [-0.25, -0.2) is 0 Å². The average molecular weight is 402 g/mol. The van der Waals surface area contributed by atoms with Crippen molar-refractivity contribution in [1.29, 1.82) is 0 Å². The molecule has 3 aromatic rings. The van der Waals surface area contributed by atoms with Crippen molar-refractivity contribution in [2.24, 2.45) is 0 Å². The number of rotatable bonds is 6. The molecule has 2 aromatic heterocycles. The molecule has 0 aliphatic carbocycles. The van der Waals surface area contributed by atoms with Crippen molar-refractivity contribution < 1.29 is 18.0 Å². The van der Waals surface area contributed by atoms with E-state index in [2.05, 4.69) is 20.6 Å². The van der Waals surface area contributed by atoms with E-state index >= 15 is 0 Å². The summed E-state index contributed by atoms with van der Waals surface area (Å²) in [5.41, 5.74) is 0.645. The van der Waals surface area contributed by atoms with E-state index < -0.39 is 12.3 Å². The van der Waals surface area contributed by atoms with Crippen molar-refractivity contribution in [2.45, 2.75) is 13.0 Å². The molecule has 1 aromatic carbocycles. The van der Waals surface area contributed by atoms with Crippen LogP contribution < -0.4 is 5.32 Å². The molecule has 11 heteroatoms. The van der Waals surface area contributed by atoms with Gasteiger partial charge in [0.1, 0.15) is 5.69 Å². The Kier molecular flexibility index (Phi) is 5.48. The number of aromatic nitrogens is 4. The van der Waals surface area contributed by atoms with Crippen LogP contribution in [0.1, 0.15) is 22.7 Å². The van der Waals surface area contributed by atoms with Crippen molar-refractivity contribution in [3.8, 4) is 11.6 Å². The Morgan fingerprint density at radius 3 is 2.73 bits per heavy atom. The van der Waals surface area contributed by atoms with Crippen molar-refractivity contribution in [3.63, 3.8) is 0 Å². The number of amides is 1. The number of carbonyl (C=O) groups excluding carboxylic acids is 1. The van der Waals surface area contributed by atoms with Gasteiger partial charge in [0.15, 0.2) is 0 Å². The molecule has 0 spiro atoms. The van der Waals surface area contributed by atoms with Crippen LogP contribution in [-0.2, 0) is 6.54 Å². The Bertz CT molecular complexity index is 928. The molecule has 3 rings (SSSR count). The van der Waals surface area contributed by atoms with Gasteiger partial charge in [-0.2, -0.15) is 13.9 Å². The van der Waals surface area contributed by atoms with Gasteiger partial charge in [-0.3, -0.25) is 9.48 Å². The highest BCUT2D eigenvalue weighted by Gasteiger charge is 2.18. The summed E-state index contributed by atoms with van der Waals surface area (Å²) in [6.07, 6.45) is -1.23. The summed E-state index contributed by atoms with van der Waals surface area (Å²) in [6, 6.07) is 6.12. The second-order valence-corrected chi connectivity index (χ2v) is 5.91. The Hall–Kier alpha value is -2.52. The molecule has 0 saturated carbocycles. The van der Waals surface area contributed by atoms with Crippen molar-refractivity contribution >= 4 is 29.1 Å². The fourth-order valence-electron chi connectivity index (χ4n) is 2.05. The third kappa shape index (κ3) is 4.17. The highest BCUT2D eigenvalue weighted by Crippen LogP contribution is 2.23. The molecular weight excluding hydrogens is 391 g/mol. The molecule has 0 radical (unpaired) electrons. The SMILES string of the molecule is O=C(NCCn1ccc(-c2nnc(C(F)F)o2)n1)c1ccc(Cl)c(Cl)c1. The molecule has 136 valence electrons. The lowest BCUT2D eigenvalue weighted by atomic mass is 10.2. The van der Waals surface area contributed by atoms with Crippen LogP contribution in [0.2, 0.25) is 10.0 Å². The van der Waals surface area contributed by atoms with Gasteiger partial charge in [-0.1, -0.05) is 23.2 Å². The highest BCUT2D eigenvalue weighted by atomic mass is 35.5. The average Bonchev–Trinajstić information content (AvgIpc) is 3.26. The second kappa shape index (κ2) is 7.79. The minimum Gasteiger partial charge on any atom is -0.413 e. The van der Waals surface area contributed by atoms with Crippen LogP contribution in [-0.4, -0.2) is 32.4 Å². The summed E-state index contributed by atoms with van der Waals surface area (Å²) in [4.78, 5) is 12.0. The van der Waals surface area contributed by atoms with Crippen LogP contribution in [0.3, 0.4) is 0 Å². The number of benzene rings is 1. The fraction of sp³-hybridized carbons (Fsp3) is 0.200. The van der Waals surface area contributed by atoms with E-state index in [1.807, 2.05) is 0 Å². The lowest BCUT2D eigenvalue weighted by molar-refractivity contribution is 0.0952. The van der Waals surface area contributed by atoms with Gasteiger partial charge in [-0.05, 0) is 24.3 Å². The summed E-state index contributed by atoms with van der Waals surface area (Å²) >= 11 is 11.7. The molecule has 0 aliphatic heterocycles. The lowest BCUT2D eigenvalue weighted by Crippen LogP contribution is -2.27. The molecule has 0 saturated heterocycles. The third-order valence-electron chi connectivity index (χ3n) is 3.30. The predicted octanol–water partition coefficient (Wildman–Crippen LogP) is 3.61. The summed E-state index contributed by atoms with van der Waals surface area (Å²) in [7, 11) is 0. The molecule has 1 amide bonds. The maximum absolute atomic E-state index is 12.5. The zero-order valence-electron chi connectivity index (χ0n) is 13.0. The first-order valence-electron chi connectivity index (χ1n) is 7.32. The zero-order chi connectivity index (χ0) is 18.7. The predicted molar refractivity (Wildman–Crippen MR) is 89.3 cm³/mol. The standard InChI is InChI=1S/C15H11Cl2F2N5O2/c16-9-2-1-8(7-10(9)17)13(25)20-4-6-24-5-3-11(23-24)14-21-22-15(26-14)12(18)19/h1-3,5,7,12H,4,6H2,(H,20,25). The van der Waals surface area contributed by atoms with E-state index in [0.717, 1.165) is 0 Å². The number of nitrogens with one attached hydrogen (secondary N) is 1. The van der Waals surface area contributed by atoms with Crippen LogP contribution in [0, 0.1) is 0 Å². The first-order chi connectivity index (χ1) is 12.4. The molecule has 0 fully saturated rings. The van der Waals surface area contributed by atoms with Gasteiger partial charge in [-0.15, -0.1) is 10.2 Å². The molecule has 2 heterocycles. The highest BCUT2D eigenvalue weighted by molar-refractivity contribution is 6.42. The minimum atomic E-state index is -2.84. The van der Waals surface area contributed by atoms with E-state index in [4.69, 9.17) is 27.6 Å². The monoisotopic (exact) mass is 401 g/mol. The summed E-state index contributed by atoms with van der Waals surface area (Å²) in [5.74, 6) is -1.17. The summed E-state index contributed by atoms with van der Waals surface area (Å²) < 4.78 is 31.2. The number of carbonyl (C=O) groups is 1. The first kappa shape index (κ1) is 18.3. The lowest BCUT2D eigenvalue weighted by Gasteiger charge is -2.06. The summed E-state index contributed by atoms with van der Waals surface area (Å²) in [6.45, 7) is 0.634. The summed E-state index contributed by atoms with van der Waals surface area (Å²) in [5, 5.41) is 14.3. The fourth-order valence-corrected chi connectivity index (χ4v) is 2.35. The maximum Gasteiger partial charge on any atom is 0.314 e. The molecular formula is C15H11Cl2F2N5O2. The smallest absolute Gasteiger partial charge is 0.314 e. The van der Waals surface area contributed by atoms with E-state index in [0.29, 0.717) is 22.2 Å². The Labute approximate surface area is 155 Å². The third-order valence-corrected chi connectivity index (χ3v) is 4.03. The van der Waals surface area contributed by atoms with Crippen molar-refractivity contribution in [1.82, 2.24) is 25.3 Å². The number of alkyl halides is 2. The topological polar surface area (TPSA) is 85.8 Å². The first-order valence-corrected chi connectivity index (χ1v) is 8.08. The quantitative estimate of drug-likeness (QED) is 0.681. The van der Waals surface area contributed by atoms with Gasteiger partial charge in [0.25, 0.3) is 17.7 Å². The Morgan fingerprint density at radius 1 is 1.23 bits per heavy atom. The molecule has 26 heavy (non-hydrogen) atoms. The van der Waals surface area contributed by atoms with Crippen LogP contribution in [0.25, 0.3) is 11.6 Å². The van der Waals surface area contributed by atoms with Gasteiger partial charge in [0, 0.05) is 18.3 Å². The minimum absolute atomic E-state index is 0.0982. The number of hydrogen-bond donors (Lipinski definition) is 1. The van der Waals surface area contributed by atoms with Crippen LogP contribution in [0.15, 0.2) is 34.9 Å². The molecule has 0 aliphatic rings. The molecule has 1 N–H and O–H groups in total. The van der Waals surface area contributed by atoms with E-state index in [-0.39, 0.29) is 24.0 Å². The van der Waals surface area contributed by atoms with Crippen molar-refractivity contribution in [2.75, 3.05) is 6.54 Å². The second-order valence-electron chi connectivity index (χ2n) is 5.09. The van der Waals surface area contributed by atoms with Crippen LogP contribution >= 0.6 is 23.2 Å². The normalized spacial score (nSPS) is 11.1.